The molecular weight excluding hydrogens is 878 g/mol. The lowest BCUT2D eigenvalue weighted by atomic mass is 9.94. The molecule has 2 rings (SSSR count). The smallest absolute Gasteiger partial charge is 0.249 e. The standard InChI is InChI=1S/C37H61N7O21/c1-13(30(52)44-20(35(59)60)9-10-23(49)43-19(8-6-7-18(38)34(57)58)32(54)40-14(2)33(55)56)39-31(53)15(3)62-29-25(42-17(5)48)36(61)63-22(12-46)28(29)65-37-24(41-16(4)47)27(51)26(50)21(11-45)64-37/h13-15,18-22,24-29,36-37,45-46,50-51,61H,6-12,38H2,1-5H3,(H,39,53)(H,40,54)(H,41,47)(H,42,48)(H,43,49)(H,44,52)(H,55,56)(H,57,58)(H,59,60)/p-2/t13-,14+,15+,18+,19-,20+,21+,22+,24+,25+,26+,27+,28+,29+,36?,37-/m0/s1. The van der Waals surface area contributed by atoms with Crippen molar-refractivity contribution in [3.05, 3.63) is 0 Å². The number of hydrogen-bond acceptors (Lipinski definition) is 21. The van der Waals surface area contributed by atoms with Gasteiger partial charge in [-0.25, -0.2) is 0 Å². The molecular formula is C37H59N7O21-2. The summed E-state index contributed by atoms with van der Waals surface area (Å²) in [5, 5.41) is 99.7. The highest BCUT2D eigenvalue weighted by Crippen LogP contribution is 2.31. The molecule has 16 atom stereocenters. The number of hydrogen-bond donors (Lipinski definition) is 12. The van der Waals surface area contributed by atoms with Gasteiger partial charge in [0.05, 0.1) is 43.2 Å². The first-order chi connectivity index (χ1) is 30.3. The van der Waals surface area contributed by atoms with Crippen LogP contribution in [0.1, 0.15) is 66.7 Å². The van der Waals surface area contributed by atoms with E-state index in [1.54, 1.807) is 0 Å². The molecule has 0 spiro atoms. The zero-order chi connectivity index (χ0) is 49.5. The van der Waals surface area contributed by atoms with Crippen LogP contribution in [0, 0.1) is 0 Å². The fourth-order valence-corrected chi connectivity index (χ4v) is 6.63. The number of carboxylic acids is 3. The van der Waals surface area contributed by atoms with E-state index in [1.807, 2.05) is 0 Å². The number of carbonyl (C=O) groups excluding carboxylic acids is 9. The minimum atomic E-state index is -1.91. The van der Waals surface area contributed by atoms with Crippen LogP contribution in [-0.2, 0) is 62.1 Å². The van der Waals surface area contributed by atoms with Crippen molar-refractivity contribution in [2.75, 3.05) is 13.2 Å². The van der Waals surface area contributed by atoms with Crippen LogP contribution in [0.5, 0.6) is 0 Å². The predicted molar refractivity (Wildman–Crippen MR) is 204 cm³/mol. The van der Waals surface area contributed by atoms with Crippen molar-refractivity contribution in [3.8, 4) is 0 Å². The molecule has 28 heteroatoms. The summed E-state index contributed by atoms with van der Waals surface area (Å²) in [6, 6.07) is -10.5. The van der Waals surface area contributed by atoms with Gasteiger partial charge in [0.15, 0.2) is 12.6 Å². The van der Waals surface area contributed by atoms with Gasteiger partial charge in [0.25, 0.3) is 0 Å². The molecule has 2 aliphatic heterocycles. The average molecular weight is 938 g/mol. The number of carboxylic acid groups (broad SMARTS) is 3. The molecule has 0 bridgehead atoms. The molecule has 14 N–H and O–H groups in total. The largest absolute Gasteiger partial charge is 0.548 e. The van der Waals surface area contributed by atoms with Crippen molar-refractivity contribution in [2.24, 2.45) is 0 Å². The molecule has 370 valence electrons. The molecule has 0 aromatic heterocycles. The van der Waals surface area contributed by atoms with E-state index < -0.39 is 177 Å². The lowest BCUT2D eigenvalue weighted by molar-refractivity contribution is -0.438. The van der Waals surface area contributed by atoms with Crippen LogP contribution in [0.4, 0.5) is 0 Å². The maximum atomic E-state index is 13.4. The molecule has 0 aromatic carbocycles. The SMILES string of the molecule is CC(=O)N[C@H]1[C@H](O[C@H]2[C@H](O[C@H](C)C(=O)N[C@@H](C)C(=O)N[C@H](CCC(=O)N[C@@H](CCC[C@@H]([NH3+])C(=O)[O-])C(=O)N[C@H](C)C(=O)[O-])C(=O)[O-])[C@@H](NC(C)=O)C(O)O[C@@H]2CO)O[C@H](CO)[C@@H](O)[C@@H]1O. The number of nitrogens with one attached hydrogen (secondary N) is 6. The monoisotopic (exact) mass is 937 g/mol. The summed E-state index contributed by atoms with van der Waals surface area (Å²) in [4.78, 5) is 111. The molecule has 2 aliphatic rings. The van der Waals surface area contributed by atoms with Crippen molar-refractivity contribution in [1.29, 1.82) is 0 Å². The highest BCUT2D eigenvalue weighted by Gasteiger charge is 2.53. The van der Waals surface area contributed by atoms with Crippen molar-refractivity contribution in [2.45, 2.75) is 164 Å². The Labute approximate surface area is 371 Å². The van der Waals surface area contributed by atoms with Gasteiger partial charge in [-0.2, -0.15) is 0 Å². The second-order valence-electron chi connectivity index (χ2n) is 15.5. The minimum absolute atomic E-state index is 0.00796. The lowest BCUT2D eigenvalue weighted by Crippen LogP contribution is -2.70. The summed E-state index contributed by atoms with van der Waals surface area (Å²) in [5.74, 6) is -10.5. The predicted octanol–water partition coefficient (Wildman–Crippen LogP) is -11.9. The van der Waals surface area contributed by atoms with Crippen molar-refractivity contribution in [3.63, 3.8) is 0 Å². The second kappa shape index (κ2) is 26.1. The van der Waals surface area contributed by atoms with E-state index in [1.165, 1.54) is 0 Å². The quantitative estimate of drug-likeness (QED) is 0.0404. The number of ether oxygens (including phenoxy) is 4. The Kier molecular flexibility index (Phi) is 22.5. The van der Waals surface area contributed by atoms with E-state index in [-0.39, 0.29) is 19.3 Å². The maximum Gasteiger partial charge on any atom is 0.249 e. The van der Waals surface area contributed by atoms with E-state index in [0.29, 0.717) is 0 Å². The summed E-state index contributed by atoms with van der Waals surface area (Å²) in [6.07, 6.45) is -16.6. The summed E-state index contributed by atoms with van der Waals surface area (Å²) >= 11 is 0. The number of rotatable bonds is 25. The molecule has 0 radical (unpaired) electrons. The van der Waals surface area contributed by atoms with E-state index >= 15 is 0 Å². The van der Waals surface area contributed by atoms with Gasteiger partial charge in [0.2, 0.25) is 35.4 Å². The third-order valence-corrected chi connectivity index (χ3v) is 10.2. The van der Waals surface area contributed by atoms with Gasteiger partial charge in [-0.15, -0.1) is 0 Å². The van der Waals surface area contributed by atoms with Crippen LogP contribution < -0.4 is 53.0 Å². The maximum absolute atomic E-state index is 13.4. The molecule has 6 amide bonds. The van der Waals surface area contributed by atoms with Gasteiger partial charge in [-0.3, -0.25) is 28.8 Å². The average Bonchev–Trinajstić information content (AvgIpc) is 3.22. The highest BCUT2D eigenvalue weighted by atomic mass is 16.7. The highest BCUT2D eigenvalue weighted by molar-refractivity contribution is 5.92. The van der Waals surface area contributed by atoms with E-state index in [4.69, 9.17) is 18.9 Å². The minimum Gasteiger partial charge on any atom is -0.548 e. The lowest BCUT2D eigenvalue weighted by Gasteiger charge is -2.48. The molecule has 28 nitrogen and oxygen atoms in total. The molecule has 1 unspecified atom stereocenters. The van der Waals surface area contributed by atoms with Crippen molar-refractivity contribution >= 4 is 53.4 Å². The summed E-state index contributed by atoms with van der Waals surface area (Å²) in [6.45, 7) is 3.78. The molecule has 65 heavy (non-hydrogen) atoms. The van der Waals surface area contributed by atoms with Gasteiger partial charge < -0.3 is 112 Å². The number of amides is 6. The first-order valence-corrected chi connectivity index (χ1v) is 20.4. The molecule has 0 saturated carbocycles. The fraction of sp³-hybridized carbons (Fsp3) is 0.757. The Bertz CT molecular complexity index is 1690. The fourth-order valence-electron chi connectivity index (χ4n) is 6.63. The first kappa shape index (κ1) is 56.0. The molecule has 0 aliphatic carbocycles. The summed E-state index contributed by atoms with van der Waals surface area (Å²) in [5.41, 5.74) is 3.39. The van der Waals surface area contributed by atoms with Crippen LogP contribution in [-0.4, -0.2) is 190 Å². The third kappa shape index (κ3) is 17.0. The number of aliphatic carboxylic acids is 3. The normalized spacial score (nSPS) is 28.1. The van der Waals surface area contributed by atoms with Crippen LogP contribution in [0.15, 0.2) is 0 Å². The number of aliphatic hydroxyl groups is 5. The van der Waals surface area contributed by atoms with Gasteiger partial charge in [-0.1, -0.05) is 0 Å². The Morgan fingerprint density at radius 1 is 0.646 bits per heavy atom. The Hall–Kier alpha value is -5.17. The molecule has 2 fully saturated rings. The summed E-state index contributed by atoms with van der Waals surface area (Å²) < 4.78 is 23.0. The van der Waals surface area contributed by atoms with E-state index in [2.05, 4.69) is 37.6 Å². The Balaban J connectivity index is 2.21. The zero-order valence-electron chi connectivity index (χ0n) is 36.2. The molecule has 2 saturated heterocycles. The van der Waals surface area contributed by atoms with Crippen molar-refractivity contribution < 1.29 is 109 Å². The Morgan fingerprint density at radius 3 is 1.77 bits per heavy atom. The first-order valence-electron chi connectivity index (χ1n) is 20.4. The topological polar surface area (TPSA) is 461 Å². The van der Waals surface area contributed by atoms with Gasteiger partial charge >= 0.3 is 0 Å². The van der Waals surface area contributed by atoms with Crippen LogP contribution in [0.25, 0.3) is 0 Å². The van der Waals surface area contributed by atoms with Gasteiger partial charge in [0, 0.05) is 26.7 Å². The number of quaternary nitrogens is 1. The molecule has 0 aromatic rings. The van der Waals surface area contributed by atoms with Crippen LogP contribution >= 0.6 is 0 Å². The van der Waals surface area contributed by atoms with Crippen molar-refractivity contribution in [1.82, 2.24) is 31.9 Å². The van der Waals surface area contributed by atoms with Crippen LogP contribution in [0.2, 0.25) is 0 Å². The third-order valence-electron chi connectivity index (χ3n) is 10.2. The van der Waals surface area contributed by atoms with Gasteiger partial charge in [0.1, 0.15) is 72.9 Å². The van der Waals surface area contributed by atoms with Crippen LogP contribution in [0.3, 0.4) is 0 Å². The number of aliphatic hydroxyl groups excluding tert-OH is 5. The van der Waals surface area contributed by atoms with Gasteiger partial charge in [-0.05, 0) is 40.0 Å². The zero-order valence-corrected chi connectivity index (χ0v) is 36.2. The second-order valence-corrected chi connectivity index (χ2v) is 15.5. The van der Waals surface area contributed by atoms with E-state index in [9.17, 15) is 84.0 Å². The molecule has 2 heterocycles. The Morgan fingerprint density at radius 2 is 1.23 bits per heavy atom. The number of carbonyl (C=O) groups is 9. The van der Waals surface area contributed by atoms with E-state index in [0.717, 1.165) is 34.6 Å². The summed E-state index contributed by atoms with van der Waals surface area (Å²) in [7, 11) is 0.